The van der Waals surface area contributed by atoms with E-state index in [0.717, 1.165) is 11.1 Å². The molecule has 2 aromatic carbocycles. The fourth-order valence-electron chi connectivity index (χ4n) is 2.73. The molecule has 7 nitrogen and oxygen atoms in total. The van der Waals surface area contributed by atoms with Crippen LogP contribution in [-0.2, 0) is 13.1 Å². The lowest BCUT2D eigenvalue weighted by Gasteiger charge is -2.16. The molecule has 0 aliphatic heterocycles. The smallest absolute Gasteiger partial charge is 0.272 e. The number of nitrogens with one attached hydrogen (secondary N) is 2. The SMILES string of the molecule is CN=C(NCc1cccc(OCC(F)F)c1)NCc1cc(OC)c(OC)c(OC)c1.I. The first-order valence-electron chi connectivity index (χ1n) is 9.24. The Hall–Kier alpha value is -2.50. The fourth-order valence-corrected chi connectivity index (χ4v) is 2.73. The Kier molecular flexibility index (Phi) is 11.8. The normalized spacial score (nSPS) is 10.9. The third-order valence-electron chi connectivity index (χ3n) is 4.14. The maximum absolute atomic E-state index is 12.3. The molecule has 0 radical (unpaired) electrons. The summed E-state index contributed by atoms with van der Waals surface area (Å²) in [5.41, 5.74) is 1.78. The van der Waals surface area contributed by atoms with E-state index >= 15 is 0 Å². The van der Waals surface area contributed by atoms with Crippen molar-refractivity contribution in [2.45, 2.75) is 19.5 Å². The maximum atomic E-state index is 12.3. The summed E-state index contributed by atoms with van der Waals surface area (Å²) in [5.74, 6) is 2.63. The highest BCUT2D eigenvalue weighted by atomic mass is 127. The van der Waals surface area contributed by atoms with E-state index in [1.807, 2.05) is 18.2 Å². The summed E-state index contributed by atoms with van der Waals surface area (Å²) in [4.78, 5) is 4.20. The van der Waals surface area contributed by atoms with Crippen LogP contribution < -0.4 is 29.6 Å². The highest BCUT2D eigenvalue weighted by Crippen LogP contribution is 2.38. The molecule has 31 heavy (non-hydrogen) atoms. The largest absolute Gasteiger partial charge is 0.493 e. The van der Waals surface area contributed by atoms with Gasteiger partial charge in [-0.15, -0.1) is 24.0 Å². The van der Waals surface area contributed by atoms with Crippen LogP contribution in [0.4, 0.5) is 8.78 Å². The Bertz CT molecular complexity index is 828. The van der Waals surface area contributed by atoms with E-state index in [9.17, 15) is 8.78 Å². The van der Waals surface area contributed by atoms with Crippen LogP contribution in [0.5, 0.6) is 23.0 Å². The van der Waals surface area contributed by atoms with Crippen molar-refractivity contribution in [3.8, 4) is 23.0 Å². The molecule has 2 aromatic rings. The van der Waals surface area contributed by atoms with Crippen LogP contribution in [0.1, 0.15) is 11.1 Å². The Balaban J connectivity index is 0.00000480. The van der Waals surface area contributed by atoms with Crippen molar-refractivity contribution in [3.63, 3.8) is 0 Å². The van der Waals surface area contributed by atoms with Crippen molar-refractivity contribution in [3.05, 3.63) is 47.5 Å². The van der Waals surface area contributed by atoms with Gasteiger partial charge in [0.25, 0.3) is 6.43 Å². The number of aliphatic imine (C=N–C) groups is 1. The predicted octanol–water partition coefficient (Wildman–Crippen LogP) is 3.84. The number of rotatable bonds is 10. The van der Waals surface area contributed by atoms with Crippen LogP contribution in [-0.4, -0.2) is 47.4 Å². The third-order valence-corrected chi connectivity index (χ3v) is 4.14. The molecule has 2 rings (SSSR count). The summed E-state index contributed by atoms with van der Waals surface area (Å²) in [7, 11) is 6.34. The predicted molar refractivity (Wildman–Crippen MR) is 126 cm³/mol. The van der Waals surface area contributed by atoms with Gasteiger partial charge in [-0.25, -0.2) is 8.78 Å². The zero-order valence-corrected chi connectivity index (χ0v) is 20.2. The average Bonchev–Trinajstić information content (AvgIpc) is 2.77. The summed E-state index contributed by atoms with van der Waals surface area (Å²) < 4.78 is 45.7. The summed E-state index contributed by atoms with van der Waals surface area (Å²) in [6.45, 7) is 0.281. The number of ether oxygens (including phenoxy) is 4. The molecule has 0 amide bonds. The third kappa shape index (κ3) is 8.27. The number of alkyl halides is 2. The second kappa shape index (κ2) is 13.7. The molecule has 2 N–H and O–H groups in total. The summed E-state index contributed by atoms with van der Waals surface area (Å²) in [6.07, 6.45) is -2.51. The van der Waals surface area contributed by atoms with Crippen molar-refractivity contribution in [2.24, 2.45) is 4.99 Å². The van der Waals surface area contributed by atoms with Gasteiger partial charge in [0.15, 0.2) is 17.5 Å². The number of hydrogen-bond donors (Lipinski definition) is 2. The van der Waals surface area contributed by atoms with Crippen LogP contribution in [0.3, 0.4) is 0 Å². The summed E-state index contributed by atoms with van der Waals surface area (Å²) in [6, 6.07) is 10.7. The molecular weight excluding hydrogens is 523 g/mol. The molecule has 0 aliphatic rings. The van der Waals surface area contributed by atoms with E-state index in [1.165, 1.54) is 0 Å². The molecule has 0 aliphatic carbocycles. The fraction of sp³-hybridized carbons (Fsp3) is 0.381. The van der Waals surface area contributed by atoms with Crippen molar-refractivity contribution < 1.29 is 27.7 Å². The number of guanidine groups is 1. The molecule has 0 heterocycles. The van der Waals surface area contributed by atoms with Gasteiger partial charge in [-0.05, 0) is 35.4 Å². The van der Waals surface area contributed by atoms with Gasteiger partial charge in [-0.2, -0.15) is 0 Å². The standard InChI is InChI=1S/C21H27F2N3O4.HI/c1-24-21(25-11-14-6-5-7-16(8-14)30-13-19(22)23)26-12-15-9-17(27-2)20(29-4)18(10-15)28-3;/h5-10,19H,11-13H2,1-4H3,(H2,24,25,26);1H. The Morgan fingerprint density at radius 1 is 0.935 bits per heavy atom. The quantitative estimate of drug-likeness (QED) is 0.266. The molecule has 0 bridgehead atoms. The van der Waals surface area contributed by atoms with Crippen LogP contribution in [0.2, 0.25) is 0 Å². The van der Waals surface area contributed by atoms with Crippen LogP contribution in [0.25, 0.3) is 0 Å². The lowest BCUT2D eigenvalue weighted by atomic mass is 10.2. The minimum Gasteiger partial charge on any atom is -0.493 e. The number of benzene rings is 2. The van der Waals surface area contributed by atoms with E-state index in [0.29, 0.717) is 42.0 Å². The van der Waals surface area contributed by atoms with Crippen molar-refractivity contribution in [1.29, 1.82) is 0 Å². The number of nitrogens with zero attached hydrogens (tertiary/aromatic N) is 1. The molecule has 0 spiro atoms. The molecular formula is C21H28F2IN3O4. The lowest BCUT2D eigenvalue weighted by Crippen LogP contribution is -2.36. The molecule has 0 saturated carbocycles. The van der Waals surface area contributed by atoms with Crippen LogP contribution >= 0.6 is 24.0 Å². The molecule has 0 atom stereocenters. The zero-order chi connectivity index (χ0) is 21.9. The topological polar surface area (TPSA) is 73.3 Å². The summed E-state index contributed by atoms with van der Waals surface area (Å²) in [5, 5.41) is 6.38. The minimum atomic E-state index is -2.51. The van der Waals surface area contributed by atoms with Gasteiger partial charge in [0.05, 0.1) is 21.3 Å². The second-order valence-corrected chi connectivity index (χ2v) is 6.16. The molecule has 0 fully saturated rings. The van der Waals surface area contributed by atoms with E-state index in [2.05, 4.69) is 15.6 Å². The second-order valence-electron chi connectivity index (χ2n) is 6.16. The lowest BCUT2D eigenvalue weighted by molar-refractivity contribution is 0.0818. The van der Waals surface area contributed by atoms with Crippen LogP contribution in [0, 0.1) is 0 Å². The van der Waals surface area contributed by atoms with E-state index < -0.39 is 13.0 Å². The number of methoxy groups -OCH3 is 3. The minimum absolute atomic E-state index is 0. The van der Waals surface area contributed by atoms with Crippen molar-refractivity contribution >= 4 is 29.9 Å². The highest BCUT2D eigenvalue weighted by Gasteiger charge is 2.13. The van der Waals surface area contributed by atoms with Gasteiger partial charge in [-0.1, -0.05) is 12.1 Å². The van der Waals surface area contributed by atoms with Gasteiger partial charge >= 0.3 is 0 Å². The maximum Gasteiger partial charge on any atom is 0.272 e. The highest BCUT2D eigenvalue weighted by molar-refractivity contribution is 14.0. The van der Waals surface area contributed by atoms with E-state index in [-0.39, 0.29) is 24.0 Å². The van der Waals surface area contributed by atoms with Crippen molar-refractivity contribution in [2.75, 3.05) is 35.0 Å². The number of halogens is 3. The van der Waals surface area contributed by atoms with Crippen molar-refractivity contribution in [1.82, 2.24) is 10.6 Å². The van der Waals surface area contributed by atoms with Gasteiger partial charge in [0.1, 0.15) is 12.4 Å². The average molecular weight is 551 g/mol. The first kappa shape index (κ1) is 26.5. The summed E-state index contributed by atoms with van der Waals surface area (Å²) >= 11 is 0. The van der Waals surface area contributed by atoms with Crippen LogP contribution in [0.15, 0.2) is 41.4 Å². The molecule has 10 heteroatoms. The molecule has 0 unspecified atom stereocenters. The molecule has 172 valence electrons. The molecule has 0 aromatic heterocycles. The Morgan fingerprint density at radius 2 is 1.55 bits per heavy atom. The van der Waals surface area contributed by atoms with E-state index in [4.69, 9.17) is 18.9 Å². The van der Waals surface area contributed by atoms with Gasteiger partial charge < -0.3 is 29.6 Å². The van der Waals surface area contributed by atoms with E-state index in [1.54, 1.807) is 46.6 Å². The monoisotopic (exact) mass is 551 g/mol. The Labute approximate surface area is 198 Å². The first-order valence-corrected chi connectivity index (χ1v) is 9.24. The zero-order valence-electron chi connectivity index (χ0n) is 17.9. The molecule has 0 saturated heterocycles. The van der Waals surface area contributed by atoms with Gasteiger partial charge in [0, 0.05) is 20.1 Å². The number of hydrogen-bond acceptors (Lipinski definition) is 5. The van der Waals surface area contributed by atoms with Gasteiger partial charge in [0.2, 0.25) is 5.75 Å². The van der Waals surface area contributed by atoms with Gasteiger partial charge in [-0.3, -0.25) is 4.99 Å². The first-order chi connectivity index (χ1) is 14.5. The Morgan fingerprint density at radius 3 is 2.06 bits per heavy atom.